The number of hydrogen-bond acceptors (Lipinski definition) is 5. The first-order chi connectivity index (χ1) is 9.83. The van der Waals surface area contributed by atoms with Crippen LogP contribution < -0.4 is 5.32 Å². The molecule has 106 valence electrons. The van der Waals surface area contributed by atoms with Crippen molar-refractivity contribution in [2.24, 2.45) is 0 Å². The SMILES string of the molecule is O=C(NCCCc1nc2c(s1)CCCC2)c1cscn1. The molecule has 0 aliphatic heterocycles. The van der Waals surface area contributed by atoms with Gasteiger partial charge in [0.05, 0.1) is 16.2 Å². The van der Waals surface area contributed by atoms with Crippen LogP contribution in [0.5, 0.6) is 0 Å². The quantitative estimate of drug-likeness (QED) is 0.864. The third-order valence-electron chi connectivity index (χ3n) is 3.41. The van der Waals surface area contributed by atoms with Gasteiger partial charge in [0, 0.05) is 23.2 Å². The minimum atomic E-state index is -0.0790. The van der Waals surface area contributed by atoms with Gasteiger partial charge in [0.25, 0.3) is 5.91 Å². The van der Waals surface area contributed by atoms with E-state index in [2.05, 4.69) is 10.3 Å². The number of rotatable bonds is 5. The van der Waals surface area contributed by atoms with E-state index in [0.29, 0.717) is 12.2 Å². The maximum atomic E-state index is 11.7. The van der Waals surface area contributed by atoms with Gasteiger partial charge in [-0.15, -0.1) is 22.7 Å². The second-order valence-corrected chi connectivity index (χ2v) is 6.80. The molecule has 4 nitrogen and oxygen atoms in total. The standard InChI is InChI=1S/C14H17N3OS2/c18-14(11-8-19-9-16-11)15-7-3-6-13-17-10-4-1-2-5-12(10)20-13/h8-9H,1-7H2,(H,15,18). The monoisotopic (exact) mass is 307 g/mol. The maximum absolute atomic E-state index is 11.7. The lowest BCUT2D eigenvalue weighted by atomic mass is 10.0. The number of carbonyl (C=O) groups is 1. The van der Waals surface area contributed by atoms with Gasteiger partial charge in [-0.05, 0) is 32.1 Å². The molecular formula is C14H17N3OS2. The van der Waals surface area contributed by atoms with E-state index >= 15 is 0 Å². The first-order valence-electron chi connectivity index (χ1n) is 6.97. The molecule has 1 aliphatic carbocycles. The molecule has 3 rings (SSSR count). The highest BCUT2D eigenvalue weighted by Crippen LogP contribution is 2.27. The molecule has 0 atom stereocenters. The fourth-order valence-corrected chi connectivity index (χ4v) is 4.10. The Bertz CT molecular complexity index is 554. The number of amides is 1. The highest BCUT2D eigenvalue weighted by molar-refractivity contribution is 7.11. The molecule has 0 fully saturated rings. The average molecular weight is 307 g/mol. The molecule has 0 spiro atoms. The van der Waals surface area contributed by atoms with Crippen LogP contribution in [-0.2, 0) is 19.3 Å². The van der Waals surface area contributed by atoms with Crippen LogP contribution in [0.15, 0.2) is 10.9 Å². The number of fused-ring (bicyclic) bond motifs is 1. The normalized spacial score (nSPS) is 14.0. The molecule has 2 heterocycles. The summed E-state index contributed by atoms with van der Waals surface area (Å²) in [4.78, 5) is 21.9. The summed E-state index contributed by atoms with van der Waals surface area (Å²) in [6.45, 7) is 0.681. The van der Waals surface area contributed by atoms with E-state index in [1.807, 2.05) is 11.3 Å². The Hall–Kier alpha value is -1.27. The van der Waals surface area contributed by atoms with E-state index in [1.54, 1.807) is 10.9 Å². The minimum Gasteiger partial charge on any atom is -0.351 e. The molecule has 0 saturated carbocycles. The summed E-state index contributed by atoms with van der Waals surface area (Å²) in [5, 5.41) is 5.89. The molecule has 6 heteroatoms. The zero-order chi connectivity index (χ0) is 13.8. The second kappa shape index (κ2) is 6.45. The van der Waals surface area contributed by atoms with Crippen LogP contribution in [0.4, 0.5) is 0 Å². The Morgan fingerprint density at radius 2 is 2.25 bits per heavy atom. The van der Waals surface area contributed by atoms with Gasteiger partial charge in [-0.1, -0.05) is 0 Å². The van der Waals surface area contributed by atoms with Crippen molar-refractivity contribution in [3.63, 3.8) is 0 Å². The highest BCUT2D eigenvalue weighted by atomic mass is 32.1. The molecule has 2 aromatic rings. The van der Waals surface area contributed by atoms with Gasteiger partial charge in [-0.25, -0.2) is 9.97 Å². The van der Waals surface area contributed by atoms with Gasteiger partial charge in [-0.2, -0.15) is 0 Å². The first-order valence-corrected chi connectivity index (χ1v) is 8.72. The molecule has 0 radical (unpaired) electrons. The van der Waals surface area contributed by atoms with Crippen LogP contribution in [0.1, 0.15) is 45.3 Å². The van der Waals surface area contributed by atoms with Crippen LogP contribution in [0.3, 0.4) is 0 Å². The number of carbonyl (C=O) groups excluding carboxylic acids is 1. The predicted molar refractivity (Wildman–Crippen MR) is 81.5 cm³/mol. The van der Waals surface area contributed by atoms with Crippen LogP contribution in [0, 0.1) is 0 Å². The molecule has 0 saturated heterocycles. The minimum absolute atomic E-state index is 0.0790. The van der Waals surface area contributed by atoms with Crippen LogP contribution >= 0.6 is 22.7 Å². The highest BCUT2D eigenvalue weighted by Gasteiger charge is 2.14. The molecule has 1 aliphatic rings. The Morgan fingerprint density at radius 3 is 3.05 bits per heavy atom. The van der Waals surface area contributed by atoms with Gasteiger partial charge in [0.1, 0.15) is 5.69 Å². The zero-order valence-electron chi connectivity index (χ0n) is 11.2. The van der Waals surface area contributed by atoms with Crippen molar-refractivity contribution in [1.82, 2.24) is 15.3 Å². The summed E-state index contributed by atoms with van der Waals surface area (Å²) in [7, 11) is 0. The third-order valence-corrected chi connectivity index (χ3v) is 5.21. The third kappa shape index (κ3) is 3.24. The van der Waals surface area contributed by atoms with E-state index in [-0.39, 0.29) is 5.91 Å². The Balaban J connectivity index is 1.44. The molecule has 20 heavy (non-hydrogen) atoms. The number of hydrogen-bond donors (Lipinski definition) is 1. The van der Waals surface area contributed by atoms with Crippen molar-refractivity contribution in [2.75, 3.05) is 6.54 Å². The van der Waals surface area contributed by atoms with Gasteiger partial charge in [0.15, 0.2) is 0 Å². The lowest BCUT2D eigenvalue weighted by Gasteiger charge is -2.06. The lowest BCUT2D eigenvalue weighted by Crippen LogP contribution is -2.24. The summed E-state index contributed by atoms with van der Waals surface area (Å²) < 4.78 is 0. The number of nitrogens with one attached hydrogen (secondary N) is 1. The fraction of sp³-hybridized carbons (Fsp3) is 0.500. The molecule has 0 bridgehead atoms. The number of aryl methyl sites for hydroxylation is 3. The van der Waals surface area contributed by atoms with E-state index < -0.39 is 0 Å². The van der Waals surface area contributed by atoms with E-state index in [1.165, 1.54) is 46.2 Å². The average Bonchev–Trinajstić information content (AvgIpc) is 3.11. The second-order valence-electron chi connectivity index (χ2n) is 4.92. The number of thiazole rings is 2. The van der Waals surface area contributed by atoms with Crippen molar-refractivity contribution in [2.45, 2.75) is 38.5 Å². The number of aromatic nitrogens is 2. The molecule has 1 N–H and O–H groups in total. The predicted octanol–water partition coefficient (Wildman–Crippen LogP) is 2.84. The lowest BCUT2D eigenvalue weighted by molar-refractivity contribution is 0.0949. The van der Waals surface area contributed by atoms with Gasteiger partial charge in [0.2, 0.25) is 0 Å². The van der Waals surface area contributed by atoms with Crippen LogP contribution in [-0.4, -0.2) is 22.4 Å². The van der Waals surface area contributed by atoms with Crippen LogP contribution in [0.25, 0.3) is 0 Å². The van der Waals surface area contributed by atoms with Crippen LogP contribution in [0.2, 0.25) is 0 Å². The van der Waals surface area contributed by atoms with E-state index in [0.717, 1.165) is 19.3 Å². The largest absolute Gasteiger partial charge is 0.351 e. The Labute approximate surface area is 126 Å². The molecule has 1 amide bonds. The summed E-state index contributed by atoms with van der Waals surface area (Å²) in [5.41, 5.74) is 3.51. The Morgan fingerprint density at radius 1 is 1.35 bits per heavy atom. The molecule has 0 aromatic carbocycles. The molecular weight excluding hydrogens is 290 g/mol. The van der Waals surface area contributed by atoms with Crippen molar-refractivity contribution in [3.05, 3.63) is 32.2 Å². The van der Waals surface area contributed by atoms with Crippen molar-refractivity contribution >= 4 is 28.6 Å². The van der Waals surface area contributed by atoms with Crippen molar-refractivity contribution in [1.29, 1.82) is 0 Å². The van der Waals surface area contributed by atoms with Gasteiger partial charge >= 0.3 is 0 Å². The summed E-state index contributed by atoms with van der Waals surface area (Å²) >= 11 is 3.30. The summed E-state index contributed by atoms with van der Waals surface area (Å²) in [6, 6.07) is 0. The van der Waals surface area contributed by atoms with Crippen molar-refractivity contribution in [3.8, 4) is 0 Å². The van der Waals surface area contributed by atoms with E-state index in [9.17, 15) is 4.79 Å². The van der Waals surface area contributed by atoms with Gasteiger partial charge in [-0.3, -0.25) is 4.79 Å². The zero-order valence-corrected chi connectivity index (χ0v) is 12.9. The topological polar surface area (TPSA) is 54.9 Å². The summed E-state index contributed by atoms with van der Waals surface area (Å²) in [5.74, 6) is -0.0790. The summed E-state index contributed by atoms with van der Waals surface area (Å²) in [6.07, 6.45) is 6.81. The number of nitrogens with zero attached hydrogens (tertiary/aromatic N) is 2. The molecule has 0 unspecified atom stereocenters. The van der Waals surface area contributed by atoms with Gasteiger partial charge < -0.3 is 5.32 Å². The first kappa shape index (κ1) is 13.7. The van der Waals surface area contributed by atoms with E-state index in [4.69, 9.17) is 4.98 Å². The smallest absolute Gasteiger partial charge is 0.270 e. The molecule has 2 aromatic heterocycles. The Kier molecular flexibility index (Phi) is 4.42. The maximum Gasteiger partial charge on any atom is 0.270 e. The van der Waals surface area contributed by atoms with Crippen molar-refractivity contribution < 1.29 is 4.79 Å². The fourth-order valence-electron chi connectivity index (χ4n) is 2.37.